The number of aliphatic hydroxyl groups excluding tert-OH is 1. The van der Waals surface area contributed by atoms with Crippen LogP contribution >= 0.6 is 11.6 Å². The molecule has 106 valence electrons. The van der Waals surface area contributed by atoms with Crippen molar-refractivity contribution in [1.82, 2.24) is 9.80 Å². The van der Waals surface area contributed by atoms with E-state index in [4.69, 9.17) is 11.6 Å². The molecule has 2 rings (SSSR count). The van der Waals surface area contributed by atoms with Gasteiger partial charge in [0.15, 0.2) is 0 Å². The van der Waals surface area contributed by atoms with Crippen LogP contribution in [-0.4, -0.2) is 54.2 Å². The Labute approximate surface area is 118 Å². The summed E-state index contributed by atoms with van der Waals surface area (Å²) in [6.45, 7) is 4.51. The molecule has 1 aromatic rings. The molecule has 5 heteroatoms. The molecule has 0 amide bonds. The molecule has 0 spiro atoms. The number of nitrogens with zero attached hydrogens (tertiary/aromatic N) is 2. The highest BCUT2D eigenvalue weighted by Gasteiger charge is 2.29. The smallest absolute Gasteiger partial charge is 0.129 e. The van der Waals surface area contributed by atoms with E-state index >= 15 is 0 Å². The summed E-state index contributed by atoms with van der Waals surface area (Å²) in [6.07, 6.45) is 0. The number of benzene rings is 1. The lowest BCUT2D eigenvalue weighted by Gasteiger charge is -2.41. The molecule has 1 fully saturated rings. The highest BCUT2D eigenvalue weighted by atomic mass is 35.5. The van der Waals surface area contributed by atoms with Gasteiger partial charge in [-0.2, -0.15) is 0 Å². The van der Waals surface area contributed by atoms with Gasteiger partial charge in [0.2, 0.25) is 0 Å². The summed E-state index contributed by atoms with van der Waals surface area (Å²) >= 11 is 6.10. The number of hydrogen-bond acceptors (Lipinski definition) is 3. The SMILES string of the molecule is CC1CN(C(CO)c2c(F)cccc2Cl)CCN1C. The Balaban J connectivity index is 2.25. The Morgan fingerprint density at radius 3 is 2.79 bits per heavy atom. The number of rotatable bonds is 3. The molecule has 0 radical (unpaired) electrons. The third-order valence-electron chi connectivity index (χ3n) is 3.94. The Bertz CT molecular complexity index is 423. The van der Waals surface area contributed by atoms with Gasteiger partial charge in [0.1, 0.15) is 5.82 Å². The van der Waals surface area contributed by atoms with Gasteiger partial charge in [-0.05, 0) is 26.1 Å². The van der Waals surface area contributed by atoms with E-state index in [1.807, 2.05) is 0 Å². The fraction of sp³-hybridized carbons (Fsp3) is 0.571. The second-order valence-corrected chi connectivity index (χ2v) is 5.57. The van der Waals surface area contributed by atoms with Crippen LogP contribution in [0.15, 0.2) is 18.2 Å². The fourth-order valence-electron chi connectivity index (χ4n) is 2.58. The molecule has 2 unspecified atom stereocenters. The third-order valence-corrected chi connectivity index (χ3v) is 4.27. The normalized spacial score (nSPS) is 23.5. The first kappa shape index (κ1) is 14.7. The Morgan fingerprint density at radius 1 is 1.47 bits per heavy atom. The summed E-state index contributed by atoms with van der Waals surface area (Å²) in [7, 11) is 2.08. The van der Waals surface area contributed by atoms with E-state index in [0.29, 0.717) is 16.6 Å². The molecule has 2 atom stereocenters. The monoisotopic (exact) mass is 286 g/mol. The minimum absolute atomic E-state index is 0.128. The summed E-state index contributed by atoms with van der Waals surface area (Å²) < 4.78 is 14.0. The van der Waals surface area contributed by atoms with Gasteiger partial charge < -0.3 is 10.0 Å². The summed E-state index contributed by atoms with van der Waals surface area (Å²) in [5.74, 6) is -0.349. The Morgan fingerprint density at radius 2 is 2.21 bits per heavy atom. The van der Waals surface area contributed by atoms with Gasteiger partial charge in [-0.25, -0.2) is 4.39 Å². The zero-order valence-electron chi connectivity index (χ0n) is 11.3. The van der Waals surface area contributed by atoms with Crippen LogP contribution in [0.2, 0.25) is 5.02 Å². The molecule has 1 N–H and O–H groups in total. The van der Waals surface area contributed by atoms with Crippen LogP contribution in [0, 0.1) is 5.82 Å². The molecular weight excluding hydrogens is 267 g/mol. The molecule has 0 aliphatic carbocycles. The average Bonchev–Trinajstić information content (AvgIpc) is 2.37. The standard InChI is InChI=1S/C14H20ClFN2O/c1-10-8-18(7-6-17(10)2)13(9-19)14-11(15)4-3-5-12(14)16/h3-5,10,13,19H,6-9H2,1-2H3. The zero-order valence-corrected chi connectivity index (χ0v) is 12.1. The van der Waals surface area contributed by atoms with Crippen molar-refractivity contribution in [2.24, 2.45) is 0 Å². The van der Waals surface area contributed by atoms with Crippen molar-refractivity contribution < 1.29 is 9.50 Å². The first-order chi connectivity index (χ1) is 9.04. The lowest BCUT2D eigenvalue weighted by Crippen LogP contribution is -2.51. The largest absolute Gasteiger partial charge is 0.394 e. The van der Waals surface area contributed by atoms with Crippen LogP contribution in [0.1, 0.15) is 18.5 Å². The third kappa shape index (κ3) is 3.08. The molecule has 0 bridgehead atoms. The van der Waals surface area contributed by atoms with Gasteiger partial charge in [0.05, 0.1) is 12.6 Å². The Hall–Kier alpha value is -0.680. The number of piperazine rings is 1. The van der Waals surface area contributed by atoms with Gasteiger partial charge >= 0.3 is 0 Å². The van der Waals surface area contributed by atoms with Crippen molar-refractivity contribution in [2.75, 3.05) is 33.3 Å². The van der Waals surface area contributed by atoms with Crippen molar-refractivity contribution in [3.8, 4) is 0 Å². The summed E-state index contributed by atoms with van der Waals surface area (Å²) in [5, 5.41) is 10.0. The quantitative estimate of drug-likeness (QED) is 0.922. The van der Waals surface area contributed by atoms with Crippen molar-refractivity contribution >= 4 is 11.6 Å². The zero-order chi connectivity index (χ0) is 14.0. The molecule has 0 aromatic heterocycles. The summed E-state index contributed by atoms with van der Waals surface area (Å²) in [6, 6.07) is 4.66. The minimum atomic E-state index is -0.371. The lowest BCUT2D eigenvalue weighted by atomic mass is 10.0. The lowest BCUT2D eigenvalue weighted by molar-refractivity contribution is 0.0450. The van der Waals surface area contributed by atoms with Crippen LogP contribution in [0.25, 0.3) is 0 Å². The van der Waals surface area contributed by atoms with Crippen LogP contribution in [0.3, 0.4) is 0 Å². The van der Waals surface area contributed by atoms with E-state index in [9.17, 15) is 9.50 Å². The number of likely N-dealkylation sites (N-methyl/N-ethyl adjacent to an activating group) is 1. The second kappa shape index (κ2) is 6.18. The van der Waals surface area contributed by atoms with E-state index in [1.54, 1.807) is 12.1 Å². The van der Waals surface area contributed by atoms with E-state index in [2.05, 4.69) is 23.8 Å². The second-order valence-electron chi connectivity index (χ2n) is 5.16. The number of hydrogen-bond donors (Lipinski definition) is 1. The first-order valence-electron chi connectivity index (χ1n) is 6.53. The molecule has 0 saturated carbocycles. The number of halogens is 2. The molecule has 19 heavy (non-hydrogen) atoms. The van der Waals surface area contributed by atoms with Gasteiger partial charge in [-0.1, -0.05) is 17.7 Å². The van der Waals surface area contributed by atoms with Crippen molar-refractivity contribution in [3.05, 3.63) is 34.6 Å². The molecule has 1 heterocycles. The maximum Gasteiger partial charge on any atom is 0.129 e. The highest BCUT2D eigenvalue weighted by Crippen LogP contribution is 2.31. The fourth-order valence-corrected chi connectivity index (χ4v) is 2.87. The maximum atomic E-state index is 14.0. The maximum absolute atomic E-state index is 14.0. The van der Waals surface area contributed by atoms with Crippen LogP contribution < -0.4 is 0 Å². The molecular formula is C14H20ClFN2O. The van der Waals surface area contributed by atoms with Gasteiger partial charge in [0, 0.05) is 36.3 Å². The number of aliphatic hydroxyl groups is 1. The average molecular weight is 287 g/mol. The Kier molecular flexibility index (Phi) is 4.79. The van der Waals surface area contributed by atoms with Gasteiger partial charge in [0.25, 0.3) is 0 Å². The van der Waals surface area contributed by atoms with Gasteiger partial charge in [-0.15, -0.1) is 0 Å². The predicted molar refractivity (Wildman–Crippen MR) is 74.9 cm³/mol. The van der Waals surface area contributed by atoms with Crippen LogP contribution in [0.5, 0.6) is 0 Å². The van der Waals surface area contributed by atoms with Crippen molar-refractivity contribution in [2.45, 2.75) is 19.0 Å². The summed E-state index contributed by atoms with van der Waals surface area (Å²) in [4.78, 5) is 4.36. The molecule has 1 saturated heterocycles. The van der Waals surface area contributed by atoms with E-state index in [1.165, 1.54) is 6.07 Å². The predicted octanol–water partition coefficient (Wildman–Crippen LogP) is 2.15. The molecule has 3 nitrogen and oxygen atoms in total. The van der Waals surface area contributed by atoms with Gasteiger partial charge in [-0.3, -0.25) is 4.90 Å². The summed E-state index contributed by atoms with van der Waals surface area (Å²) in [5.41, 5.74) is 0.406. The van der Waals surface area contributed by atoms with E-state index in [0.717, 1.165) is 19.6 Å². The first-order valence-corrected chi connectivity index (χ1v) is 6.91. The highest BCUT2D eigenvalue weighted by molar-refractivity contribution is 6.31. The van der Waals surface area contributed by atoms with Crippen molar-refractivity contribution in [3.63, 3.8) is 0 Å². The van der Waals surface area contributed by atoms with E-state index in [-0.39, 0.29) is 18.5 Å². The van der Waals surface area contributed by atoms with E-state index < -0.39 is 0 Å². The van der Waals surface area contributed by atoms with Crippen LogP contribution in [0.4, 0.5) is 4.39 Å². The minimum Gasteiger partial charge on any atom is -0.394 e. The van der Waals surface area contributed by atoms with Crippen molar-refractivity contribution in [1.29, 1.82) is 0 Å². The molecule has 1 aromatic carbocycles. The van der Waals surface area contributed by atoms with Crippen LogP contribution in [-0.2, 0) is 0 Å². The molecule has 1 aliphatic heterocycles. The molecule has 1 aliphatic rings. The topological polar surface area (TPSA) is 26.7 Å².